The largest absolute Gasteiger partial charge is 0.370 e. The highest BCUT2D eigenvalue weighted by Crippen LogP contribution is 2.26. The van der Waals surface area contributed by atoms with Crippen LogP contribution in [0.4, 0.5) is 5.82 Å². The van der Waals surface area contributed by atoms with Crippen molar-refractivity contribution in [3.63, 3.8) is 0 Å². The third kappa shape index (κ3) is 1.86. The SMILES string of the molecule is CNc1[nH+]c2c(cc1C#N)COC(C)(C)C2. The molecule has 1 aromatic heterocycles. The second-order valence-electron chi connectivity index (χ2n) is 4.65. The highest BCUT2D eigenvalue weighted by atomic mass is 16.5. The first-order valence-corrected chi connectivity index (χ1v) is 5.35. The van der Waals surface area contributed by atoms with Crippen LogP contribution in [0, 0.1) is 11.3 Å². The van der Waals surface area contributed by atoms with Crippen molar-refractivity contribution in [2.45, 2.75) is 32.5 Å². The number of hydrogen-bond donors (Lipinski definition) is 1. The van der Waals surface area contributed by atoms with Crippen molar-refractivity contribution in [3.8, 4) is 6.07 Å². The summed E-state index contributed by atoms with van der Waals surface area (Å²) in [4.78, 5) is 3.28. The van der Waals surface area contributed by atoms with Crippen LogP contribution in [0.15, 0.2) is 6.07 Å². The van der Waals surface area contributed by atoms with Crippen LogP contribution in [-0.4, -0.2) is 12.6 Å². The molecule has 0 atom stereocenters. The van der Waals surface area contributed by atoms with E-state index in [4.69, 9.17) is 10.00 Å². The van der Waals surface area contributed by atoms with Crippen molar-refractivity contribution in [1.82, 2.24) is 0 Å². The van der Waals surface area contributed by atoms with Gasteiger partial charge >= 0.3 is 0 Å². The van der Waals surface area contributed by atoms with Crippen LogP contribution in [0.25, 0.3) is 0 Å². The lowest BCUT2D eigenvalue weighted by Crippen LogP contribution is -2.37. The lowest BCUT2D eigenvalue weighted by molar-refractivity contribution is -0.380. The van der Waals surface area contributed by atoms with E-state index in [1.54, 1.807) is 0 Å². The number of aromatic amines is 1. The van der Waals surface area contributed by atoms with Gasteiger partial charge in [-0.15, -0.1) is 0 Å². The number of anilines is 1. The molecule has 1 aliphatic heterocycles. The number of aromatic nitrogens is 1. The number of nitrogens with one attached hydrogen (secondary N) is 2. The number of nitrogens with zero attached hydrogens (tertiary/aromatic N) is 1. The molecule has 84 valence electrons. The van der Waals surface area contributed by atoms with E-state index in [-0.39, 0.29) is 5.60 Å². The Bertz CT molecular complexity index is 460. The lowest BCUT2D eigenvalue weighted by Gasteiger charge is -2.30. The number of rotatable bonds is 1. The molecule has 2 N–H and O–H groups in total. The van der Waals surface area contributed by atoms with Gasteiger partial charge in [0.15, 0.2) is 0 Å². The van der Waals surface area contributed by atoms with Crippen LogP contribution < -0.4 is 10.3 Å². The monoisotopic (exact) mass is 218 g/mol. The van der Waals surface area contributed by atoms with E-state index < -0.39 is 0 Å². The molecule has 0 spiro atoms. The van der Waals surface area contributed by atoms with Crippen molar-refractivity contribution < 1.29 is 9.72 Å². The first-order chi connectivity index (χ1) is 7.55. The molecule has 0 radical (unpaired) electrons. The Morgan fingerprint density at radius 1 is 1.56 bits per heavy atom. The van der Waals surface area contributed by atoms with Crippen molar-refractivity contribution in [3.05, 3.63) is 22.9 Å². The predicted octanol–water partition coefficient (Wildman–Crippen LogP) is 1.27. The number of H-pyrrole nitrogens is 1. The van der Waals surface area contributed by atoms with Gasteiger partial charge in [0.05, 0.1) is 19.3 Å². The zero-order valence-corrected chi connectivity index (χ0v) is 9.85. The van der Waals surface area contributed by atoms with Gasteiger partial charge in [0.25, 0.3) is 5.82 Å². The van der Waals surface area contributed by atoms with Crippen LogP contribution in [-0.2, 0) is 17.8 Å². The Morgan fingerprint density at radius 2 is 2.31 bits per heavy atom. The minimum absolute atomic E-state index is 0.136. The maximum absolute atomic E-state index is 9.00. The van der Waals surface area contributed by atoms with Crippen molar-refractivity contribution in [2.24, 2.45) is 0 Å². The second kappa shape index (κ2) is 3.76. The molecule has 0 saturated heterocycles. The summed E-state index contributed by atoms with van der Waals surface area (Å²) in [6.07, 6.45) is 0.836. The highest BCUT2D eigenvalue weighted by molar-refractivity contribution is 5.49. The summed E-state index contributed by atoms with van der Waals surface area (Å²) >= 11 is 0. The summed E-state index contributed by atoms with van der Waals surface area (Å²) in [7, 11) is 1.81. The van der Waals surface area contributed by atoms with Crippen molar-refractivity contribution in [2.75, 3.05) is 12.4 Å². The fourth-order valence-corrected chi connectivity index (χ4v) is 1.95. The van der Waals surface area contributed by atoms with E-state index in [2.05, 4.69) is 30.2 Å². The van der Waals surface area contributed by atoms with Gasteiger partial charge in [-0.25, -0.2) is 4.98 Å². The molecule has 0 saturated carbocycles. The fourth-order valence-electron chi connectivity index (χ4n) is 1.95. The Balaban J connectivity index is 2.47. The number of ether oxygens (including phenoxy) is 1. The zero-order chi connectivity index (χ0) is 11.8. The Labute approximate surface area is 95.3 Å². The number of pyridine rings is 1. The van der Waals surface area contributed by atoms with Gasteiger partial charge in [-0.05, 0) is 19.9 Å². The van der Waals surface area contributed by atoms with E-state index in [0.717, 1.165) is 23.5 Å². The van der Waals surface area contributed by atoms with Crippen LogP contribution >= 0.6 is 0 Å². The molecule has 4 nitrogen and oxygen atoms in total. The van der Waals surface area contributed by atoms with E-state index in [1.165, 1.54) is 0 Å². The molecule has 0 aliphatic carbocycles. The van der Waals surface area contributed by atoms with Crippen LogP contribution in [0.2, 0.25) is 0 Å². The van der Waals surface area contributed by atoms with Crippen molar-refractivity contribution in [1.29, 1.82) is 5.26 Å². The molecule has 1 aromatic rings. The first-order valence-electron chi connectivity index (χ1n) is 5.35. The molecule has 0 amide bonds. The number of hydrogen-bond acceptors (Lipinski definition) is 3. The van der Waals surface area contributed by atoms with Gasteiger partial charge in [-0.1, -0.05) is 0 Å². The molecular formula is C12H16N3O+. The standard InChI is InChI=1S/C12H15N3O/c1-12(2)5-10-9(7-16-12)4-8(6-13)11(14-3)15-10/h4H,5,7H2,1-3H3,(H,14,15)/p+1. The van der Waals surface area contributed by atoms with E-state index in [0.29, 0.717) is 12.2 Å². The van der Waals surface area contributed by atoms with E-state index >= 15 is 0 Å². The minimum Gasteiger partial charge on any atom is -0.370 e. The summed E-state index contributed by atoms with van der Waals surface area (Å²) in [5, 5.41) is 12.0. The van der Waals surface area contributed by atoms with Crippen LogP contribution in [0.3, 0.4) is 0 Å². The third-order valence-corrected chi connectivity index (χ3v) is 2.84. The molecular weight excluding hydrogens is 202 g/mol. The average Bonchev–Trinajstić information content (AvgIpc) is 2.26. The normalized spacial score (nSPS) is 17.4. The van der Waals surface area contributed by atoms with E-state index in [1.807, 2.05) is 13.1 Å². The van der Waals surface area contributed by atoms with Crippen molar-refractivity contribution >= 4 is 5.82 Å². The molecule has 0 unspecified atom stereocenters. The number of fused-ring (bicyclic) bond motifs is 1. The maximum atomic E-state index is 9.00. The fraction of sp³-hybridized carbons (Fsp3) is 0.500. The van der Waals surface area contributed by atoms with Gasteiger partial charge in [0, 0.05) is 12.0 Å². The number of nitriles is 1. The molecule has 4 heteroatoms. The van der Waals surface area contributed by atoms with E-state index in [9.17, 15) is 0 Å². The van der Waals surface area contributed by atoms with Gasteiger partial charge in [-0.3, -0.25) is 5.32 Å². The minimum atomic E-state index is -0.136. The molecule has 0 bridgehead atoms. The highest BCUT2D eigenvalue weighted by Gasteiger charge is 2.29. The quantitative estimate of drug-likeness (QED) is 0.772. The second-order valence-corrected chi connectivity index (χ2v) is 4.65. The topological polar surface area (TPSA) is 59.2 Å². The van der Waals surface area contributed by atoms with Gasteiger partial charge in [0.2, 0.25) is 0 Å². The molecule has 2 rings (SSSR count). The van der Waals surface area contributed by atoms with Gasteiger partial charge < -0.3 is 4.74 Å². The molecule has 1 aliphatic rings. The lowest BCUT2D eigenvalue weighted by atomic mass is 9.95. The van der Waals surface area contributed by atoms with Crippen LogP contribution in [0.5, 0.6) is 0 Å². The summed E-state index contributed by atoms with van der Waals surface area (Å²) in [6, 6.07) is 4.06. The van der Waals surface area contributed by atoms with Crippen LogP contribution in [0.1, 0.15) is 30.7 Å². The molecule has 0 fully saturated rings. The summed E-state index contributed by atoms with van der Waals surface area (Å²) in [6.45, 7) is 4.71. The van der Waals surface area contributed by atoms with Gasteiger partial charge in [0.1, 0.15) is 17.3 Å². The Kier molecular flexibility index (Phi) is 2.56. The average molecular weight is 218 g/mol. The smallest absolute Gasteiger partial charge is 0.290 e. The van der Waals surface area contributed by atoms with Gasteiger partial charge in [-0.2, -0.15) is 5.26 Å². The molecule has 16 heavy (non-hydrogen) atoms. The summed E-state index contributed by atoms with van der Waals surface area (Å²) in [5.41, 5.74) is 2.72. The summed E-state index contributed by atoms with van der Waals surface area (Å²) in [5.74, 6) is 0.777. The maximum Gasteiger partial charge on any atom is 0.290 e. The predicted molar refractivity (Wildman–Crippen MR) is 59.8 cm³/mol. The Hall–Kier alpha value is -1.60. The first kappa shape index (κ1) is 10.9. The third-order valence-electron chi connectivity index (χ3n) is 2.84. The zero-order valence-electron chi connectivity index (χ0n) is 9.85. The molecule has 0 aromatic carbocycles. The Morgan fingerprint density at radius 3 is 2.94 bits per heavy atom. The molecule has 2 heterocycles. The summed E-state index contributed by atoms with van der Waals surface area (Å²) < 4.78 is 5.71.